The Bertz CT molecular complexity index is 1160. The van der Waals surface area contributed by atoms with Crippen molar-refractivity contribution in [3.05, 3.63) is 83.9 Å². The molecule has 8 heteroatoms. The van der Waals surface area contributed by atoms with Crippen LogP contribution in [0.2, 0.25) is 0 Å². The van der Waals surface area contributed by atoms with E-state index in [0.29, 0.717) is 43.2 Å². The smallest absolute Gasteiger partial charge is 0.227 e. The number of hydrogen-bond donors (Lipinski definition) is 1. The quantitative estimate of drug-likeness (QED) is 0.470. The first kappa shape index (κ1) is 20.5. The molecule has 2 aromatic heterocycles. The van der Waals surface area contributed by atoms with Gasteiger partial charge in [-0.3, -0.25) is 4.79 Å². The second-order valence-electron chi connectivity index (χ2n) is 7.06. The van der Waals surface area contributed by atoms with E-state index < -0.39 is 0 Å². The molecule has 158 valence electrons. The van der Waals surface area contributed by atoms with Crippen molar-refractivity contribution in [1.29, 1.82) is 0 Å². The topological polar surface area (TPSA) is 75.4 Å². The summed E-state index contributed by atoms with van der Waals surface area (Å²) < 4.78 is 14.7. The van der Waals surface area contributed by atoms with Gasteiger partial charge in [0.05, 0.1) is 0 Å². The number of para-hydroxylation sites is 1. The molecule has 0 aliphatic carbocycles. The van der Waals surface area contributed by atoms with Crippen LogP contribution in [0, 0.1) is 5.82 Å². The lowest BCUT2D eigenvalue weighted by Gasteiger charge is -2.20. The Hall–Kier alpha value is -3.81. The highest BCUT2D eigenvalue weighted by Gasteiger charge is 2.16. The lowest BCUT2D eigenvalue weighted by molar-refractivity contribution is -0.118. The second kappa shape index (κ2) is 9.34. The largest absolute Gasteiger partial charge is 0.365 e. The summed E-state index contributed by atoms with van der Waals surface area (Å²) in [4.78, 5) is 14.5. The Balaban J connectivity index is 1.43. The molecule has 31 heavy (non-hydrogen) atoms. The van der Waals surface area contributed by atoms with E-state index in [4.69, 9.17) is 0 Å². The number of nitrogens with zero attached hydrogens (tertiary/aromatic N) is 5. The third kappa shape index (κ3) is 4.85. The van der Waals surface area contributed by atoms with Gasteiger partial charge in [0.1, 0.15) is 11.6 Å². The molecular formula is C23H23FN6O. The molecule has 0 radical (unpaired) electrons. The number of benzene rings is 2. The molecule has 0 fully saturated rings. The normalized spacial score (nSPS) is 10.9. The van der Waals surface area contributed by atoms with E-state index in [1.165, 1.54) is 12.1 Å². The molecular weight excluding hydrogens is 395 g/mol. The third-order valence-electron chi connectivity index (χ3n) is 4.96. The minimum Gasteiger partial charge on any atom is -0.365 e. The summed E-state index contributed by atoms with van der Waals surface area (Å²) >= 11 is 0. The Morgan fingerprint density at radius 1 is 1.03 bits per heavy atom. The summed E-state index contributed by atoms with van der Waals surface area (Å²) in [5.41, 5.74) is 2.44. The predicted molar refractivity (Wildman–Crippen MR) is 117 cm³/mol. The van der Waals surface area contributed by atoms with Gasteiger partial charge in [-0.25, -0.2) is 4.39 Å². The van der Waals surface area contributed by atoms with E-state index in [1.54, 1.807) is 21.5 Å². The van der Waals surface area contributed by atoms with Gasteiger partial charge in [-0.1, -0.05) is 30.3 Å². The highest BCUT2D eigenvalue weighted by molar-refractivity contribution is 5.93. The molecule has 1 amide bonds. The van der Waals surface area contributed by atoms with Crippen molar-refractivity contribution in [3.8, 4) is 0 Å². The molecule has 0 unspecified atom stereocenters. The average molecular weight is 418 g/mol. The number of hydrogen-bond acceptors (Lipinski definition) is 5. The average Bonchev–Trinajstić information content (AvgIpc) is 3.21. The highest BCUT2D eigenvalue weighted by atomic mass is 19.1. The molecule has 7 nitrogen and oxygen atoms in total. The number of rotatable bonds is 8. The van der Waals surface area contributed by atoms with Crippen molar-refractivity contribution in [2.75, 3.05) is 16.8 Å². The van der Waals surface area contributed by atoms with Crippen LogP contribution in [-0.2, 0) is 17.8 Å². The maximum atomic E-state index is 13.1. The summed E-state index contributed by atoms with van der Waals surface area (Å²) in [6.45, 7) is 3.06. The first-order chi connectivity index (χ1) is 15.1. The van der Waals surface area contributed by atoms with Crippen LogP contribution in [-0.4, -0.2) is 32.3 Å². The fourth-order valence-electron chi connectivity index (χ4n) is 3.34. The van der Waals surface area contributed by atoms with Crippen LogP contribution < -0.4 is 10.2 Å². The van der Waals surface area contributed by atoms with Crippen molar-refractivity contribution in [2.45, 2.75) is 26.3 Å². The molecule has 0 saturated heterocycles. The molecule has 4 rings (SSSR count). The van der Waals surface area contributed by atoms with Gasteiger partial charge in [-0.15, -0.1) is 15.3 Å². The Labute approximate surface area is 179 Å². The Morgan fingerprint density at radius 3 is 2.55 bits per heavy atom. The highest BCUT2D eigenvalue weighted by Crippen LogP contribution is 2.16. The second-order valence-corrected chi connectivity index (χ2v) is 7.06. The predicted octanol–water partition coefficient (Wildman–Crippen LogP) is 3.86. The van der Waals surface area contributed by atoms with Gasteiger partial charge >= 0.3 is 0 Å². The molecule has 1 N–H and O–H groups in total. The Kier molecular flexibility index (Phi) is 6.16. The van der Waals surface area contributed by atoms with Crippen LogP contribution in [0.3, 0.4) is 0 Å². The summed E-state index contributed by atoms with van der Waals surface area (Å²) in [6, 6.07) is 19.6. The van der Waals surface area contributed by atoms with E-state index in [0.717, 1.165) is 11.3 Å². The van der Waals surface area contributed by atoms with Crippen LogP contribution in [0.1, 0.15) is 24.7 Å². The van der Waals surface area contributed by atoms with Crippen molar-refractivity contribution in [1.82, 2.24) is 19.8 Å². The van der Waals surface area contributed by atoms with Crippen LogP contribution >= 0.6 is 0 Å². The lowest BCUT2D eigenvalue weighted by atomic mass is 10.2. The molecule has 0 bridgehead atoms. The van der Waals surface area contributed by atoms with Crippen LogP contribution in [0.5, 0.6) is 0 Å². The minimum absolute atomic E-state index is 0.0241. The molecule has 2 aromatic carbocycles. The number of fused-ring (bicyclic) bond motifs is 1. The zero-order valence-electron chi connectivity index (χ0n) is 17.2. The zero-order valence-corrected chi connectivity index (χ0v) is 17.2. The third-order valence-corrected chi connectivity index (χ3v) is 4.96. The number of carbonyl (C=O) groups is 1. The van der Waals surface area contributed by atoms with E-state index in [2.05, 4.69) is 20.6 Å². The van der Waals surface area contributed by atoms with Crippen molar-refractivity contribution >= 4 is 23.1 Å². The van der Waals surface area contributed by atoms with E-state index in [1.807, 2.05) is 49.4 Å². The summed E-state index contributed by atoms with van der Waals surface area (Å²) in [5.74, 6) is 1.03. The summed E-state index contributed by atoms with van der Waals surface area (Å²) in [6.07, 6.45) is 0.732. The van der Waals surface area contributed by atoms with Crippen LogP contribution in [0.25, 0.3) is 5.65 Å². The Morgan fingerprint density at radius 2 is 1.81 bits per heavy atom. The standard InChI is InChI=1S/C23H23FN6O/c1-2-29(19-6-4-3-5-7-19)23(31)15-14-22-27-26-21-13-12-20(28-30(21)22)25-16-17-8-10-18(24)11-9-17/h3-13H,2,14-16H2,1H3,(H,25,28). The maximum Gasteiger partial charge on any atom is 0.227 e. The minimum atomic E-state index is -0.263. The molecule has 0 aliphatic heterocycles. The van der Waals surface area contributed by atoms with Gasteiger partial charge < -0.3 is 10.2 Å². The number of nitrogens with one attached hydrogen (secondary N) is 1. The first-order valence-electron chi connectivity index (χ1n) is 10.2. The van der Waals surface area contributed by atoms with Crippen LogP contribution in [0.15, 0.2) is 66.7 Å². The molecule has 0 spiro atoms. The van der Waals surface area contributed by atoms with E-state index in [9.17, 15) is 9.18 Å². The van der Waals surface area contributed by atoms with Gasteiger partial charge in [-0.05, 0) is 48.9 Å². The monoisotopic (exact) mass is 418 g/mol. The summed E-state index contributed by atoms with van der Waals surface area (Å²) in [7, 11) is 0. The number of halogens is 1. The summed E-state index contributed by atoms with van der Waals surface area (Å²) in [5, 5.41) is 16.1. The van der Waals surface area contributed by atoms with Gasteiger partial charge in [0, 0.05) is 31.6 Å². The fourth-order valence-corrected chi connectivity index (χ4v) is 3.34. The van der Waals surface area contributed by atoms with Gasteiger partial charge in [-0.2, -0.15) is 4.52 Å². The van der Waals surface area contributed by atoms with E-state index >= 15 is 0 Å². The fraction of sp³-hybridized carbons (Fsp3) is 0.217. The molecule has 0 atom stereocenters. The maximum absolute atomic E-state index is 13.1. The lowest BCUT2D eigenvalue weighted by Crippen LogP contribution is -2.30. The molecule has 2 heterocycles. The van der Waals surface area contributed by atoms with Gasteiger partial charge in [0.25, 0.3) is 0 Å². The van der Waals surface area contributed by atoms with Gasteiger partial charge in [0.15, 0.2) is 11.5 Å². The van der Waals surface area contributed by atoms with Crippen molar-refractivity contribution in [3.63, 3.8) is 0 Å². The molecule has 0 saturated carbocycles. The number of anilines is 2. The zero-order chi connectivity index (χ0) is 21.6. The number of aromatic nitrogens is 4. The van der Waals surface area contributed by atoms with Crippen LogP contribution in [0.4, 0.5) is 15.9 Å². The number of amides is 1. The van der Waals surface area contributed by atoms with Crippen molar-refractivity contribution < 1.29 is 9.18 Å². The SMILES string of the molecule is CCN(C(=O)CCc1nnc2ccc(NCc3ccc(F)cc3)nn12)c1ccccc1. The number of aryl methyl sites for hydroxylation is 1. The number of carbonyl (C=O) groups excluding carboxylic acids is 1. The molecule has 0 aliphatic rings. The van der Waals surface area contributed by atoms with E-state index in [-0.39, 0.29) is 11.7 Å². The van der Waals surface area contributed by atoms with Crippen molar-refractivity contribution in [2.24, 2.45) is 0 Å². The molecule has 4 aromatic rings. The van der Waals surface area contributed by atoms with Gasteiger partial charge in [0.2, 0.25) is 5.91 Å². The first-order valence-corrected chi connectivity index (χ1v) is 10.2.